The standard InChI is InChI=1S/C14H10N2O/c15-10-12(11-6-2-1-3-7-11)14(17)13-8-4-5-9-16-13/h1-9,12H/t12-/m1/s1. The predicted molar refractivity (Wildman–Crippen MR) is 63.4 cm³/mol. The lowest BCUT2D eigenvalue weighted by atomic mass is 9.94. The van der Waals surface area contributed by atoms with Crippen molar-refractivity contribution < 1.29 is 4.79 Å². The number of aromatic nitrogens is 1. The van der Waals surface area contributed by atoms with Crippen molar-refractivity contribution in [3.05, 3.63) is 66.0 Å². The Morgan fingerprint density at radius 1 is 1.12 bits per heavy atom. The van der Waals surface area contributed by atoms with E-state index in [0.717, 1.165) is 0 Å². The summed E-state index contributed by atoms with van der Waals surface area (Å²) in [4.78, 5) is 16.1. The quantitative estimate of drug-likeness (QED) is 0.750. The molecule has 0 aliphatic heterocycles. The second-order valence-electron chi connectivity index (χ2n) is 3.55. The summed E-state index contributed by atoms with van der Waals surface area (Å²) in [7, 11) is 0. The Hall–Kier alpha value is -2.47. The summed E-state index contributed by atoms with van der Waals surface area (Å²) < 4.78 is 0. The van der Waals surface area contributed by atoms with E-state index in [9.17, 15) is 4.79 Å². The Morgan fingerprint density at radius 3 is 2.41 bits per heavy atom. The first kappa shape index (κ1) is 11.0. The molecule has 0 saturated heterocycles. The molecule has 2 aromatic rings. The Balaban J connectivity index is 2.33. The van der Waals surface area contributed by atoms with Gasteiger partial charge in [-0.05, 0) is 17.7 Å². The van der Waals surface area contributed by atoms with Crippen LogP contribution < -0.4 is 0 Å². The summed E-state index contributed by atoms with van der Waals surface area (Å²) in [6.45, 7) is 0. The van der Waals surface area contributed by atoms with Crippen molar-refractivity contribution in [2.24, 2.45) is 0 Å². The van der Waals surface area contributed by atoms with Gasteiger partial charge < -0.3 is 0 Å². The van der Waals surface area contributed by atoms with E-state index >= 15 is 0 Å². The average molecular weight is 222 g/mol. The Morgan fingerprint density at radius 2 is 1.82 bits per heavy atom. The van der Waals surface area contributed by atoms with E-state index < -0.39 is 5.92 Å². The number of nitrogens with zero attached hydrogens (tertiary/aromatic N) is 2. The molecule has 17 heavy (non-hydrogen) atoms. The fourth-order valence-electron chi connectivity index (χ4n) is 1.59. The normalized spacial score (nSPS) is 11.5. The minimum Gasteiger partial charge on any atom is -0.291 e. The van der Waals surface area contributed by atoms with E-state index in [1.807, 2.05) is 24.3 Å². The van der Waals surface area contributed by atoms with Gasteiger partial charge in [-0.2, -0.15) is 5.26 Å². The maximum Gasteiger partial charge on any atom is 0.202 e. The molecule has 0 bridgehead atoms. The second kappa shape index (κ2) is 5.04. The van der Waals surface area contributed by atoms with Crippen LogP contribution in [0.25, 0.3) is 0 Å². The summed E-state index contributed by atoms with van der Waals surface area (Å²) in [5, 5.41) is 9.11. The molecule has 0 spiro atoms. The molecular weight excluding hydrogens is 212 g/mol. The molecule has 3 nitrogen and oxygen atoms in total. The fourth-order valence-corrected chi connectivity index (χ4v) is 1.59. The Labute approximate surface area is 99.4 Å². The maximum atomic E-state index is 12.1. The highest BCUT2D eigenvalue weighted by atomic mass is 16.1. The molecule has 2 rings (SSSR count). The van der Waals surface area contributed by atoms with E-state index in [1.165, 1.54) is 0 Å². The van der Waals surface area contributed by atoms with Crippen LogP contribution in [-0.4, -0.2) is 10.8 Å². The van der Waals surface area contributed by atoms with Gasteiger partial charge in [0.05, 0.1) is 6.07 Å². The molecule has 0 unspecified atom stereocenters. The van der Waals surface area contributed by atoms with Crippen molar-refractivity contribution in [1.82, 2.24) is 4.98 Å². The molecule has 0 aliphatic rings. The van der Waals surface area contributed by atoms with Crippen LogP contribution in [0.5, 0.6) is 0 Å². The maximum absolute atomic E-state index is 12.1. The molecule has 0 fully saturated rings. The van der Waals surface area contributed by atoms with Crippen LogP contribution in [-0.2, 0) is 0 Å². The molecular formula is C14H10N2O. The lowest BCUT2D eigenvalue weighted by Gasteiger charge is -2.07. The first-order valence-corrected chi connectivity index (χ1v) is 5.22. The molecule has 1 heterocycles. The van der Waals surface area contributed by atoms with Gasteiger partial charge in [0.15, 0.2) is 0 Å². The Bertz CT molecular complexity index is 543. The van der Waals surface area contributed by atoms with Crippen LogP contribution in [0.3, 0.4) is 0 Å². The third-order valence-corrected chi connectivity index (χ3v) is 2.44. The van der Waals surface area contributed by atoms with Gasteiger partial charge in [-0.3, -0.25) is 9.78 Å². The van der Waals surface area contributed by atoms with Gasteiger partial charge in [0.2, 0.25) is 5.78 Å². The average Bonchev–Trinajstić information content (AvgIpc) is 2.42. The van der Waals surface area contributed by atoms with E-state index in [0.29, 0.717) is 11.3 Å². The number of carbonyl (C=O) groups is 1. The molecule has 1 aromatic heterocycles. The lowest BCUT2D eigenvalue weighted by Crippen LogP contribution is -2.12. The van der Waals surface area contributed by atoms with Gasteiger partial charge in [-0.1, -0.05) is 36.4 Å². The summed E-state index contributed by atoms with van der Waals surface area (Å²) in [6.07, 6.45) is 1.55. The summed E-state index contributed by atoms with van der Waals surface area (Å²) >= 11 is 0. The lowest BCUT2D eigenvalue weighted by molar-refractivity contribution is 0.0974. The largest absolute Gasteiger partial charge is 0.291 e. The van der Waals surface area contributed by atoms with E-state index in [1.54, 1.807) is 36.5 Å². The van der Waals surface area contributed by atoms with Crippen LogP contribution in [0.1, 0.15) is 22.0 Å². The number of benzene rings is 1. The van der Waals surface area contributed by atoms with Gasteiger partial charge in [0, 0.05) is 6.20 Å². The monoisotopic (exact) mass is 222 g/mol. The molecule has 82 valence electrons. The number of ketones is 1. The highest BCUT2D eigenvalue weighted by molar-refractivity contribution is 6.01. The number of hydrogen-bond donors (Lipinski definition) is 0. The zero-order valence-corrected chi connectivity index (χ0v) is 9.08. The number of carbonyl (C=O) groups excluding carboxylic acids is 1. The summed E-state index contributed by atoms with van der Waals surface area (Å²) in [5.41, 5.74) is 1.02. The van der Waals surface area contributed by atoms with Crippen molar-refractivity contribution in [3.8, 4) is 6.07 Å². The summed E-state index contributed by atoms with van der Waals surface area (Å²) in [6, 6.07) is 16.1. The van der Waals surface area contributed by atoms with Gasteiger partial charge in [-0.15, -0.1) is 0 Å². The van der Waals surface area contributed by atoms with Crippen molar-refractivity contribution in [2.75, 3.05) is 0 Å². The van der Waals surface area contributed by atoms with Crippen LogP contribution in [0.4, 0.5) is 0 Å². The highest BCUT2D eigenvalue weighted by Crippen LogP contribution is 2.18. The number of pyridine rings is 1. The minimum atomic E-state index is -0.786. The van der Waals surface area contributed by atoms with Crippen LogP contribution >= 0.6 is 0 Å². The minimum absolute atomic E-state index is 0.265. The molecule has 0 saturated carbocycles. The van der Waals surface area contributed by atoms with Crippen LogP contribution in [0.2, 0.25) is 0 Å². The predicted octanol–water partition coefficient (Wildman–Crippen LogP) is 2.57. The molecule has 1 atom stereocenters. The zero-order valence-electron chi connectivity index (χ0n) is 9.08. The van der Waals surface area contributed by atoms with Gasteiger partial charge in [0.25, 0.3) is 0 Å². The van der Waals surface area contributed by atoms with E-state index in [-0.39, 0.29) is 5.78 Å². The molecule has 0 N–H and O–H groups in total. The van der Waals surface area contributed by atoms with Crippen molar-refractivity contribution in [2.45, 2.75) is 5.92 Å². The van der Waals surface area contributed by atoms with Gasteiger partial charge in [0.1, 0.15) is 11.6 Å². The number of Topliss-reactive ketones (excluding diaryl/α,β-unsaturated/α-hetero) is 1. The fraction of sp³-hybridized carbons (Fsp3) is 0.0714. The van der Waals surface area contributed by atoms with Gasteiger partial charge in [-0.25, -0.2) is 0 Å². The smallest absolute Gasteiger partial charge is 0.202 e. The SMILES string of the molecule is N#C[C@@H](C(=O)c1ccccn1)c1ccccc1. The first-order chi connectivity index (χ1) is 8.33. The molecule has 1 aromatic carbocycles. The van der Waals surface area contributed by atoms with Crippen LogP contribution in [0, 0.1) is 11.3 Å². The van der Waals surface area contributed by atoms with Crippen molar-refractivity contribution in [1.29, 1.82) is 5.26 Å². The Kier molecular flexibility index (Phi) is 3.27. The molecule has 3 heteroatoms. The zero-order chi connectivity index (χ0) is 12.1. The van der Waals surface area contributed by atoms with Crippen molar-refractivity contribution >= 4 is 5.78 Å². The third-order valence-electron chi connectivity index (χ3n) is 2.44. The van der Waals surface area contributed by atoms with E-state index in [2.05, 4.69) is 4.98 Å². The van der Waals surface area contributed by atoms with Crippen LogP contribution in [0.15, 0.2) is 54.7 Å². The second-order valence-corrected chi connectivity index (χ2v) is 3.55. The highest BCUT2D eigenvalue weighted by Gasteiger charge is 2.22. The third kappa shape index (κ3) is 2.37. The molecule has 0 amide bonds. The first-order valence-electron chi connectivity index (χ1n) is 5.22. The number of nitriles is 1. The summed E-state index contributed by atoms with van der Waals surface area (Å²) in [5.74, 6) is -1.05. The molecule has 0 radical (unpaired) electrons. The number of hydrogen-bond acceptors (Lipinski definition) is 3. The van der Waals surface area contributed by atoms with E-state index in [4.69, 9.17) is 5.26 Å². The topological polar surface area (TPSA) is 53.8 Å². The van der Waals surface area contributed by atoms with Crippen molar-refractivity contribution in [3.63, 3.8) is 0 Å². The number of rotatable bonds is 3. The van der Waals surface area contributed by atoms with Gasteiger partial charge >= 0.3 is 0 Å². The molecule has 0 aliphatic carbocycles.